The second-order valence-electron chi connectivity index (χ2n) is 8.86. The predicted molar refractivity (Wildman–Crippen MR) is 107 cm³/mol. The van der Waals surface area contributed by atoms with Crippen molar-refractivity contribution in [3.63, 3.8) is 0 Å². The molecule has 3 fully saturated rings. The van der Waals surface area contributed by atoms with Crippen LogP contribution in [0.5, 0.6) is 0 Å². The Labute approximate surface area is 153 Å². The average Bonchev–Trinajstić information content (AvgIpc) is 2.67. The molecule has 0 bridgehead atoms. The Morgan fingerprint density at radius 1 is 0.792 bits per heavy atom. The summed E-state index contributed by atoms with van der Waals surface area (Å²) >= 11 is 0. The molecule has 24 heavy (non-hydrogen) atoms. The Morgan fingerprint density at radius 2 is 1.33 bits per heavy atom. The molecule has 3 aliphatic rings. The van der Waals surface area contributed by atoms with E-state index < -0.39 is 0 Å². The summed E-state index contributed by atoms with van der Waals surface area (Å²) in [6.45, 7) is 1.03. The molecule has 0 saturated heterocycles. The summed E-state index contributed by atoms with van der Waals surface area (Å²) in [7, 11) is 0.902. The van der Waals surface area contributed by atoms with Crippen molar-refractivity contribution in [1.29, 1.82) is 0 Å². The molecule has 1 atom stereocenters. The van der Waals surface area contributed by atoms with E-state index in [0.717, 1.165) is 40.8 Å². The lowest BCUT2D eigenvalue weighted by molar-refractivity contribution is 0.178. The third-order valence-corrected chi connectivity index (χ3v) is 7.48. The molecule has 3 saturated carbocycles. The van der Waals surface area contributed by atoms with Crippen molar-refractivity contribution in [3.8, 4) is 0 Å². The molecule has 0 aromatic rings. The zero-order chi connectivity index (χ0) is 16.6. The fourth-order valence-electron chi connectivity index (χ4n) is 5.79. The minimum Gasteiger partial charge on any atom is -0.427 e. The van der Waals surface area contributed by atoms with Crippen LogP contribution in [0.4, 0.5) is 0 Å². The molecule has 0 radical (unpaired) electrons. The molecule has 138 valence electrons. The van der Waals surface area contributed by atoms with Crippen molar-refractivity contribution in [2.75, 3.05) is 6.61 Å². The molecule has 3 rings (SSSR count). The fraction of sp³-hybridized carbons (Fsp3) is 0.909. The molecule has 0 spiro atoms. The molecule has 0 N–H and O–H groups in total. The molecule has 0 heterocycles. The number of rotatable bonds is 6. The minimum atomic E-state index is 0.757. The number of hydrogen-bond acceptors (Lipinski definition) is 1. The summed E-state index contributed by atoms with van der Waals surface area (Å²) in [4.78, 5) is 0. The first-order chi connectivity index (χ1) is 11.9. The van der Waals surface area contributed by atoms with Crippen LogP contribution in [0.3, 0.4) is 0 Å². The summed E-state index contributed by atoms with van der Waals surface area (Å²) in [6, 6.07) is 0. The molecule has 0 aliphatic heterocycles. The predicted octanol–water partition coefficient (Wildman–Crippen LogP) is 5.57. The lowest BCUT2D eigenvalue weighted by atomic mass is 9.69. The minimum absolute atomic E-state index is 0.757. The van der Waals surface area contributed by atoms with Gasteiger partial charge >= 0.3 is 0 Å². The van der Waals surface area contributed by atoms with Crippen LogP contribution in [0.25, 0.3) is 0 Å². The van der Waals surface area contributed by atoms with E-state index in [0.29, 0.717) is 0 Å². The van der Waals surface area contributed by atoms with Crippen molar-refractivity contribution in [1.82, 2.24) is 0 Å². The fourth-order valence-corrected chi connectivity index (χ4v) is 6.15. The van der Waals surface area contributed by atoms with Crippen molar-refractivity contribution >= 4 is 10.5 Å². The van der Waals surface area contributed by atoms with Gasteiger partial charge in [0.05, 0.1) is 0 Å². The molecule has 2 heteroatoms. The average molecular weight is 349 g/mol. The highest BCUT2D eigenvalue weighted by atomic mass is 28.2. The quantitative estimate of drug-likeness (QED) is 0.450. The van der Waals surface area contributed by atoms with Gasteiger partial charge in [0.25, 0.3) is 0 Å². The van der Waals surface area contributed by atoms with E-state index in [9.17, 15) is 0 Å². The highest BCUT2D eigenvalue weighted by Gasteiger charge is 2.31. The largest absolute Gasteiger partial charge is 0.427 e. The van der Waals surface area contributed by atoms with Crippen LogP contribution < -0.4 is 0 Å². The van der Waals surface area contributed by atoms with Crippen molar-refractivity contribution < 1.29 is 4.43 Å². The molecule has 0 aromatic heterocycles. The van der Waals surface area contributed by atoms with Crippen LogP contribution in [0.2, 0.25) is 0 Å². The molecule has 0 aromatic carbocycles. The number of allylic oxidation sites excluding steroid dienone is 1. The van der Waals surface area contributed by atoms with Gasteiger partial charge in [-0.3, -0.25) is 0 Å². The Bertz CT molecular complexity index is 373. The summed E-state index contributed by atoms with van der Waals surface area (Å²) in [5, 5.41) is 0. The first-order valence-electron chi connectivity index (χ1n) is 11.1. The molecule has 0 amide bonds. The van der Waals surface area contributed by atoms with Crippen molar-refractivity contribution in [2.24, 2.45) is 23.7 Å². The van der Waals surface area contributed by atoms with Gasteiger partial charge in [-0.05, 0) is 56.3 Å². The van der Waals surface area contributed by atoms with E-state index in [1.54, 1.807) is 0 Å². The van der Waals surface area contributed by atoms with E-state index in [4.69, 9.17) is 4.43 Å². The van der Waals surface area contributed by atoms with Crippen molar-refractivity contribution in [2.45, 2.75) is 96.3 Å². The van der Waals surface area contributed by atoms with Crippen LogP contribution >= 0.6 is 0 Å². The summed E-state index contributed by atoms with van der Waals surface area (Å²) in [5.41, 5.74) is 1.88. The lowest BCUT2D eigenvalue weighted by Crippen LogP contribution is -2.29. The van der Waals surface area contributed by atoms with E-state index in [-0.39, 0.29) is 0 Å². The van der Waals surface area contributed by atoms with E-state index in [2.05, 4.69) is 6.08 Å². The van der Waals surface area contributed by atoms with Crippen LogP contribution in [-0.2, 0) is 4.43 Å². The van der Waals surface area contributed by atoms with Crippen LogP contribution in [-0.4, -0.2) is 17.1 Å². The maximum absolute atomic E-state index is 5.92. The second kappa shape index (κ2) is 10.2. The van der Waals surface area contributed by atoms with Gasteiger partial charge in [0.15, 0.2) is 0 Å². The third-order valence-electron chi connectivity index (χ3n) is 7.15. The highest BCUT2D eigenvalue weighted by molar-refractivity contribution is 5.97. The highest BCUT2D eigenvalue weighted by Crippen LogP contribution is 2.42. The van der Waals surface area contributed by atoms with Gasteiger partial charge in [-0.15, -0.1) is 0 Å². The van der Waals surface area contributed by atoms with E-state index >= 15 is 0 Å². The molecule has 1 unspecified atom stereocenters. The normalized spacial score (nSPS) is 27.4. The summed E-state index contributed by atoms with van der Waals surface area (Å²) in [6.07, 6.45) is 24.8. The summed E-state index contributed by atoms with van der Waals surface area (Å²) < 4.78 is 5.92. The first kappa shape index (κ1) is 18.7. The second-order valence-corrected chi connectivity index (χ2v) is 9.44. The Balaban J connectivity index is 1.79. The van der Waals surface area contributed by atoms with Gasteiger partial charge in [0, 0.05) is 12.5 Å². The van der Waals surface area contributed by atoms with Gasteiger partial charge in [-0.1, -0.05) is 69.4 Å². The maximum atomic E-state index is 5.92. The number of hydrogen-bond donors (Lipinski definition) is 0. The molecular weight excluding hydrogens is 308 g/mol. The van der Waals surface area contributed by atoms with Crippen molar-refractivity contribution in [3.05, 3.63) is 11.6 Å². The molecular formula is C22H40OSi. The maximum Gasteiger partial charge on any atom is 0.145 e. The first-order valence-corrected chi connectivity index (χ1v) is 11.9. The SMILES string of the molecule is [SiH3]OCC(C(=CC1CCCCC1)C1CCCCC1)C1CCCCC1. The van der Waals surface area contributed by atoms with Gasteiger partial charge in [-0.2, -0.15) is 0 Å². The Hall–Kier alpha value is -0.0831. The van der Waals surface area contributed by atoms with Gasteiger partial charge in [-0.25, -0.2) is 0 Å². The Kier molecular flexibility index (Phi) is 7.92. The smallest absolute Gasteiger partial charge is 0.145 e. The monoisotopic (exact) mass is 348 g/mol. The molecule has 3 aliphatic carbocycles. The zero-order valence-corrected chi connectivity index (χ0v) is 18.1. The molecule has 1 nitrogen and oxygen atoms in total. The van der Waals surface area contributed by atoms with Gasteiger partial charge < -0.3 is 4.43 Å². The van der Waals surface area contributed by atoms with E-state index in [1.165, 1.54) is 96.3 Å². The van der Waals surface area contributed by atoms with Crippen LogP contribution in [0, 0.1) is 23.7 Å². The van der Waals surface area contributed by atoms with E-state index in [1.807, 2.05) is 5.57 Å². The zero-order valence-electron chi connectivity index (χ0n) is 16.1. The summed E-state index contributed by atoms with van der Waals surface area (Å²) in [5.74, 6) is 3.46. The standard InChI is InChI=1S/C22H40OSi/c24-23-17-22(20-14-8-3-9-15-20)21(19-12-6-2-7-13-19)16-18-10-4-1-5-11-18/h16,18-20,22H,1-15,17H2,24H3. The Morgan fingerprint density at radius 3 is 1.92 bits per heavy atom. The lowest BCUT2D eigenvalue weighted by Gasteiger charge is -2.37. The van der Waals surface area contributed by atoms with Crippen LogP contribution in [0.1, 0.15) is 96.3 Å². The third kappa shape index (κ3) is 5.21. The van der Waals surface area contributed by atoms with Crippen LogP contribution in [0.15, 0.2) is 11.6 Å². The topological polar surface area (TPSA) is 9.23 Å². The van der Waals surface area contributed by atoms with Gasteiger partial charge in [0.1, 0.15) is 10.5 Å². The van der Waals surface area contributed by atoms with Gasteiger partial charge in [0.2, 0.25) is 0 Å².